The number of hydrogen-bond donors (Lipinski definition) is 1. The molecule has 1 aliphatic rings. The highest BCUT2D eigenvalue weighted by Crippen LogP contribution is 2.26. The Labute approximate surface area is 154 Å². The lowest BCUT2D eigenvalue weighted by atomic mass is 10.1. The molecule has 1 atom stereocenters. The zero-order valence-corrected chi connectivity index (χ0v) is 14.7. The van der Waals surface area contributed by atoms with Gasteiger partial charge in [0, 0.05) is 0 Å². The van der Waals surface area contributed by atoms with Gasteiger partial charge in [0.25, 0.3) is 5.56 Å². The first-order valence-corrected chi connectivity index (χ1v) is 8.67. The summed E-state index contributed by atoms with van der Waals surface area (Å²) in [6.45, 7) is 0.836. The van der Waals surface area contributed by atoms with Crippen molar-refractivity contribution in [2.24, 2.45) is 0 Å². The van der Waals surface area contributed by atoms with Gasteiger partial charge in [-0.05, 0) is 55.8 Å². The number of benzene rings is 2. The van der Waals surface area contributed by atoms with E-state index in [1.165, 1.54) is 16.7 Å². The van der Waals surface area contributed by atoms with Crippen LogP contribution in [-0.4, -0.2) is 23.2 Å². The quantitative estimate of drug-likeness (QED) is 0.773. The van der Waals surface area contributed by atoms with Crippen LogP contribution in [0.25, 0.3) is 16.6 Å². The molecule has 4 rings (SSSR count). The van der Waals surface area contributed by atoms with E-state index in [9.17, 15) is 9.18 Å². The third kappa shape index (κ3) is 2.84. The summed E-state index contributed by atoms with van der Waals surface area (Å²) in [4.78, 5) is 17.9. The molecule has 1 aliphatic heterocycles. The standard InChI is InChI=1S/C20H17FN4O2/c1-27-14-7-5-13(6-8-14)25-19(16-3-2-10-23-16)24-15-9-4-12(11-22)18(21)17(15)20(25)26/h4-9,16,23H,2-3,10H2,1H3/t16-/m1/s1. The molecular formula is C20H17FN4O2. The van der Waals surface area contributed by atoms with Gasteiger partial charge in [0.2, 0.25) is 0 Å². The van der Waals surface area contributed by atoms with Gasteiger partial charge in [0.1, 0.15) is 23.0 Å². The van der Waals surface area contributed by atoms with Crippen molar-refractivity contribution in [1.82, 2.24) is 14.9 Å². The Bertz CT molecular complexity index is 1110. The number of methoxy groups -OCH3 is 1. The van der Waals surface area contributed by atoms with Crippen LogP contribution in [0.3, 0.4) is 0 Å². The summed E-state index contributed by atoms with van der Waals surface area (Å²) >= 11 is 0. The molecule has 1 N–H and O–H groups in total. The van der Waals surface area contributed by atoms with Gasteiger partial charge in [-0.3, -0.25) is 9.36 Å². The highest BCUT2D eigenvalue weighted by Gasteiger charge is 2.25. The fourth-order valence-electron chi connectivity index (χ4n) is 3.46. The Morgan fingerprint density at radius 1 is 1.30 bits per heavy atom. The molecule has 0 spiro atoms. The van der Waals surface area contributed by atoms with Crippen LogP contribution in [0.15, 0.2) is 41.2 Å². The smallest absolute Gasteiger partial charge is 0.269 e. The molecule has 3 aromatic rings. The molecule has 0 unspecified atom stereocenters. The second kappa shape index (κ2) is 6.82. The van der Waals surface area contributed by atoms with E-state index in [1.807, 2.05) is 0 Å². The minimum atomic E-state index is -0.833. The first-order chi connectivity index (χ1) is 13.1. The number of rotatable bonds is 3. The van der Waals surface area contributed by atoms with Gasteiger partial charge < -0.3 is 10.1 Å². The van der Waals surface area contributed by atoms with Crippen LogP contribution < -0.4 is 15.6 Å². The fraction of sp³-hybridized carbons (Fsp3) is 0.250. The van der Waals surface area contributed by atoms with Crippen molar-refractivity contribution in [3.63, 3.8) is 0 Å². The Kier molecular flexibility index (Phi) is 4.34. The van der Waals surface area contributed by atoms with Crippen molar-refractivity contribution in [2.75, 3.05) is 13.7 Å². The van der Waals surface area contributed by atoms with Gasteiger partial charge in [-0.2, -0.15) is 5.26 Å². The average Bonchev–Trinajstić information content (AvgIpc) is 3.23. The number of nitrogens with one attached hydrogen (secondary N) is 1. The Morgan fingerprint density at radius 2 is 2.07 bits per heavy atom. The Morgan fingerprint density at radius 3 is 2.70 bits per heavy atom. The first kappa shape index (κ1) is 17.2. The monoisotopic (exact) mass is 364 g/mol. The van der Waals surface area contributed by atoms with Gasteiger partial charge in [0.15, 0.2) is 5.82 Å². The molecule has 0 aliphatic carbocycles. The number of aromatic nitrogens is 2. The maximum Gasteiger partial charge on any atom is 0.269 e. The summed E-state index contributed by atoms with van der Waals surface area (Å²) in [6, 6.07) is 11.5. The van der Waals surface area contributed by atoms with Crippen LogP contribution in [0.2, 0.25) is 0 Å². The minimum Gasteiger partial charge on any atom is -0.497 e. The maximum atomic E-state index is 14.7. The predicted molar refractivity (Wildman–Crippen MR) is 98.5 cm³/mol. The van der Waals surface area contributed by atoms with Crippen LogP contribution >= 0.6 is 0 Å². The summed E-state index contributed by atoms with van der Waals surface area (Å²) in [5.41, 5.74) is 0.128. The molecule has 2 heterocycles. The van der Waals surface area contributed by atoms with Crippen molar-refractivity contribution in [1.29, 1.82) is 5.26 Å². The second-order valence-electron chi connectivity index (χ2n) is 6.39. The molecule has 7 heteroatoms. The molecule has 0 bridgehead atoms. The first-order valence-electron chi connectivity index (χ1n) is 8.67. The maximum absolute atomic E-state index is 14.7. The molecular weight excluding hydrogens is 347 g/mol. The Balaban J connectivity index is 2.04. The molecule has 27 heavy (non-hydrogen) atoms. The average molecular weight is 364 g/mol. The molecule has 2 aromatic carbocycles. The van der Waals surface area contributed by atoms with Crippen molar-refractivity contribution in [2.45, 2.75) is 18.9 Å². The van der Waals surface area contributed by atoms with E-state index in [0.29, 0.717) is 17.3 Å². The molecule has 1 aromatic heterocycles. The summed E-state index contributed by atoms with van der Waals surface area (Å²) in [5.74, 6) is 0.360. The molecule has 1 fully saturated rings. The van der Waals surface area contributed by atoms with E-state index in [0.717, 1.165) is 19.4 Å². The number of ether oxygens (including phenoxy) is 1. The fourth-order valence-corrected chi connectivity index (χ4v) is 3.46. The largest absolute Gasteiger partial charge is 0.497 e. The number of nitrogens with zero attached hydrogens (tertiary/aromatic N) is 3. The van der Waals surface area contributed by atoms with E-state index in [1.54, 1.807) is 37.4 Å². The third-order valence-corrected chi connectivity index (χ3v) is 4.82. The highest BCUT2D eigenvalue weighted by atomic mass is 19.1. The van der Waals surface area contributed by atoms with E-state index < -0.39 is 11.4 Å². The van der Waals surface area contributed by atoms with E-state index in [-0.39, 0.29) is 22.5 Å². The van der Waals surface area contributed by atoms with Crippen molar-refractivity contribution in [3.8, 4) is 17.5 Å². The van der Waals surface area contributed by atoms with Crippen LogP contribution in [0.4, 0.5) is 4.39 Å². The minimum absolute atomic E-state index is 0.0945. The lowest BCUT2D eigenvalue weighted by Crippen LogP contribution is -2.29. The zero-order valence-electron chi connectivity index (χ0n) is 14.7. The SMILES string of the molecule is COc1ccc(-n2c([C@H]3CCCN3)nc3ccc(C#N)c(F)c3c2=O)cc1. The second-order valence-corrected chi connectivity index (χ2v) is 6.39. The number of halogens is 1. The van der Waals surface area contributed by atoms with E-state index >= 15 is 0 Å². The van der Waals surface area contributed by atoms with Crippen molar-refractivity contribution >= 4 is 10.9 Å². The van der Waals surface area contributed by atoms with Gasteiger partial charge in [0.05, 0.1) is 29.9 Å². The number of hydrogen-bond acceptors (Lipinski definition) is 5. The summed E-state index contributed by atoms with van der Waals surface area (Å²) in [5, 5.41) is 12.3. The van der Waals surface area contributed by atoms with Gasteiger partial charge in [-0.15, -0.1) is 0 Å². The third-order valence-electron chi connectivity index (χ3n) is 4.82. The van der Waals surface area contributed by atoms with Gasteiger partial charge in [-0.1, -0.05) is 0 Å². The predicted octanol–water partition coefficient (Wildman–Crippen LogP) is 2.83. The van der Waals surface area contributed by atoms with Crippen LogP contribution in [0.1, 0.15) is 30.3 Å². The van der Waals surface area contributed by atoms with Crippen LogP contribution in [0, 0.1) is 17.1 Å². The van der Waals surface area contributed by atoms with Crippen LogP contribution in [-0.2, 0) is 0 Å². The normalized spacial score (nSPS) is 16.4. The summed E-state index contributed by atoms with van der Waals surface area (Å²) in [6.07, 6.45) is 1.82. The molecule has 136 valence electrons. The van der Waals surface area contributed by atoms with Crippen molar-refractivity contribution < 1.29 is 9.13 Å². The molecule has 0 radical (unpaired) electrons. The van der Waals surface area contributed by atoms with Crippen LogP contribution in [0.5, 0.6) is 5.75 Å². The van der Waals surface area contributed by atoms with Gasteiger partial charge >= 0.3 is 0 Å². The summed E-state index contributed by atoms with van der Waals surface area (Å²) < 4.78 is 21.3. The number of fused-ring (bicyclic) bond motifs is 1. The topological polar surface area (TPSA) is 79.9 Å². The number of nitriles is 1. The van der Waals surface area contributed by atoms with Crippen molar-refractivity contribution in [3.05, 3.63) is 64.0 Å². The summed E-state index contributed by atoms with van der Waals surface area (Å²) in [7, 11) is 1.56. The molecule has 0 saturated carbocycles. The van der Waals surface area contributed by atoms with E-state index in [2.05, 4.69) is 10.3 Å². The molecule has 1 saturated heterocycles. The highest BCUT2D eigenvalue weighted by molar-refractivity contribution is 5.80. The molecule has 0 amide bonds. The lowest BCUT2D eigenvalue weighted by Gasteiger charge is -2.18. The molecule has 6 nitrogen and oxygen atoms in total. The zero-order chi connectivity index (χ0) is 19.0. The Hall–Kier alpha value is -3.24. The lowest BCUT2D eigenvalue weighted by molar-refractivity contribution is 0.414. The van der Waals surface area contributed by atoms with E-state index in [4.69, 9.17) is 10.00 Å². The van der Waals surface area contributed by atoms with Gasteiger partial charge in [-0.25, -0.2) is 9.37 Å².